The second-order valence-corrected chi connectivity index (χ2v) is 11.5. The normalized spacial score (nSPS) is 26.8. The van der Waals surface area contributed by atoms with Crippen LogP contribution in [0.25, 0.3) is 0 Å². The first-order chi connectivity index (χ1) is 16.4. The first-order valence-corrected chi connectivity index (χ1v) is 13.3. The largest absolute Gasteiger partial charge is 0.497 e. The summed E-state index contributed by atoms with van der Waals surface area (Å²) in [7, 11) is 1.69. The number of carbonyl (C=O) groups excluding carboxylic acids is 2. The molecule has 0 atom stereocenters. The van der Waals surface area contributed by atoms with Crippen molar-refractivity contribution in [2.24, 2.45) is 17.8 Å². The summed E-state index contributed by atoms with van der Waals surface area (Å²) in [4.78, 5) is 28.4. The highest BCUT2D eigenvalue weighted by Crippen LogP contribution is 2.58. The quantitative estimate of drug-likeness (QED) is 0.491. The van der Waals surface area contributed by atoms with Crippen LogP contribution >= 0.6 is 11.8 Å². The number of nitrogens with zero attached hydrogens (tertiary/aromatic N) is 1. The van der Waals surface area contributed by atoms with Gasteiger partial charge in [-0.1, -0.05) is 12.1 Å². The summed E-state index contributed by atoms with van der Waals surface area (Å²) in [6.45, 7) is 2.15. The van der Waals surface area contributed by atoms with Gasteiger partial charge >= 0.3 is 0 Å². The van der Waals surface area contributed by atoms with E-state index in [1.165, 1.54) is 26.2 Å². The van der Waals surface area contributed by atoms with Crippen molar-refractivity contribution in [1.82, 2.24) is 4.90 Å². The molecule has 0 saturated heterocycles. The van der Waals surface area contributed by atoms with Gasteiger partial charge in [0.15, 0.2) is 0 Å². The topological polar surface area (TPSA) is 58.6 Å². The van der Waals surface area contributed by atoms with Crippen LogP contribution in [0.4, 0.5) is 5.69 Å². The van der Waals surface area contributed by atoms with E-state index in [4.69, 9.17) is 4.74 Å². The fourth-order valence-electron chi connectivity index (χ4n) is 6.93. The van der Waals surface area contributed by atoms with Crippen LogP contribution in [0.1, 0.15) is 51.0 Å². The second-order valence-electron chi connectivity index (χ2n) is 10.5. The van der Waals surface area contributed by atoms with Gasteiger partial charge in [-0.2, -0.15) is 0 Å². The highest BCUT2D eigenvalue weighted by atomic mass is 32.2. The minimum atomic E-state index is -0.0839. The molecule has 2 aromatic carbocycles. The Morgan fingerprint density at radius 3 is 2.26 bits per heavy atom. The van der Waals surface area contributed by atoms with E-state index in [0.717, 1.165) is 58.9 Å². The first-order valence-electron chi connectivity index (χ1n) is 12.4. The number of carbonyl (C=O) groups is 2. The van der Waals surface area contributed by atoms with E-state index in [-0.39, 0.29) is 17.4 Å². The maximum absolute atomic E-state index is 13.8. The highest BCUT2D eigenvalue weighted by molar-refractivity contribution is 8.00. The van der Waals surface area contributed by atoms with Gasteiger partial charge < -0.3 is 15.0 Å². The van der Waals surface area contributed by atoms with Crippen molar-refractivity contribution in [3.63, 3.8) is 0 Å². The molecule has 4 aliphatic carbocycles. The maximum atomic E-state index is 13.8. The molecule has 2 amide bonds. The van der Waals surface area contributed by atoms with Crippen LogP contribution in [-0.4, -0.2) is 35.1 Å². The molecule has 0 aromatic heterocycles. The molecule has 4 saturated carbocycles. The molecule has 1 N–H and O–H groups in total. The van der Waals surface area contributed by atoms with Gasteiger partial charge in [0.25, 0.3) is 0 Å². The van der Waals surface area contributed by atoms with Gasteiger partial charge in [-0.25, -0.2) is 0 Å². The number of anilines is 1. The summed E-state index contributed by atoms with van der Waals surface area (Å²) in [6.07, 6.45) is 7.54. The van der Waals surface area contributed by atoms with E-state index >= 15 is 0 Å². The molecule has 180 valence electrons. The maximum Gasteiger partial charge on any atom is 0.233 e. The van der Waals surface area contributed by atoms with E-state index in [1.807, 2.05) is 36.4 Å². The summed E-state index contributed by atoms with van der Waals surface area (Å²) in [6, 6.07) is 15.9. The third-order valence-electron chi connectivity index (χ3n) is 7.89. The van der Waals surface area contributed by atoms with Crippen LogP contribution in [0.15, 0.2) is 53.4 Å². The van der Waals surface area contributed by atoms with Crippen molar-refractivity contribution in [2.75, 3.05) is 18.2 Å². The fourth-order valence-corrected chi connectivity index (χ4v) is 7.70. The Morgan fingerprint density at radius 2 is 1.68 bits per heavy atom. The average molecular weight is 479 g/mol. The highest BCUT2D eigenvalue weighted by Gasteiger charge is 2.54. The fraction of sp³-hybridized carbons (Fsp3) is 0.500. The molecule has 0 unspecified atom stereocenters. The molecule has 4 aliphatic rings. The Morgan fingerprint density at radius 1 is 1.03 bits per heavy atom. The standard InChI is InChI=1S/C28H34N2O3S/c1-19(31)29-24-6-8-26(9-7-24)34-18-27(32)30(17-20-4-3-5-25(13-20)33-2)28-14-21-10-22(15-28)12-23(11-21)16-28/h3-9,13,21-23H,10-12,14-18H2,1-2H3,(H,29,31). The van der Waals surface area contributed by atoms with Gasteiger partial charge in [0.05, 0.1) is 12.9 Å². The van der Waals surface area contributed by atoms with Crippen molar-refractivity contribution in [3.05, 3.63) is 54.1 Å². The summed E-state index contributed by atoms with van der Waals surface area (Å²) in [5.74, 6) is 3.73. The molecule has 6 rings (SSSR count). The van der Waals surface area contributed by atoms with E-state index in [2.05, 4.69) is 22.3 Å². The van der Waals surface area contributed by atoms with Gasteiger partial charge in [0.2, 0.25) is 11.8 Å². The SMILES string of the molecule is COc1cccc(CN(C(=O)CSc2ccc(NC(C)=O)cc2)C23CC4CC(CC(C4)C2)C3)c1. The van der Waals surface area contributed by atoms with Crippen molar-refractivity contribution < 1.29 is 14.3 Å². The smallest absolute Gasteiger partial charge is 0.233 e. The Bertz CT molecular complexity index is 1020. The summed E-state index contributed by atoms with van der Waals surface area (Å²) < 4.78 is 5.45. The molecule has 5 nitrogen and oxygen atoms in total. The summed E-state index contributed by atoms with van der Waals surface area (Å²) >= 11 is 1.58. The number of thioether (sulfide) groups is 1. The van der Waals surface area contributed by atoms with Crippen molar-refractivity contribution in [2.45, 2.75) is 62.4 Å². The van der Waals surface area contributed by atoms with Crippen LogP contribution in [0, 0.1) is 17.8 Å². The Balaban J connectivity index is 1.34. The van der Waals surface area contributed by atoms with Crippen molar-refractivity contribution in [1.29, 1.82) is 0 Å². The molecule has 0 heterocycles. The molecule has 34 heavy (non-hydrogen) atoms. The number of hydrogen-bond donors (Lipinski definition) is 1. The molecular formula is C28H34N2O3S. The zero-order valence-electron chi connectivity index (χ0n) is 20.1. The molecule has 0 spiro atoms. The lowest BCUT2D eigenvalue weighted by Gasteiger charge is -2.60. The average Bonchev–Trinajstić information content (AvgIpc) is 2.81. The second kappa shape index (κ2) is 9.65. The Hall–Kier alpha value is -2.47. The van der Waals surface area contributed by atoms with Gasteiger partial charge in [0.1, 0.15) is 5.75 Å². The number of hydrogen-bond acceptors (Lipinski definition) is 4. The lowest BCUT2D eigenvalue weighted by Crippen LogP contribution is -2.61. The van der Waals surface area contributed by atoms with E-state index in [1.54, 1.807) is 18.9 Å². The molecule has 0 aliphatic heterocycles. The summed E-state index contributed by atoms with van der Waals surface area (Å²) in [5, 5.41) is 2.79. The van der Waals surface area contributed by atoms with E-state index in [9.17, 15) is 9.59 Å². The Kier molecular flexibility index (Phi) is 6.61. The lowest BCUT2D eigenvalue weighted by molar-refractivity contribution is -0.149. The number of rotatable bonds is 8. The number of nitrogens with one attached hydrogen (secondary N) is 1. The number of benzene rings is 2. The number of methoxy groups -OCH3 is 1. The van der Waals surface area contributed by atoms with Crippen LogP contribution in [0.2, 0.25) is 0 Å². The molecule has 4 fully saturated rings. The third-order valence-corrected chi connectivity index (χ3v) is 8.89. The Labute approximate surface area is 206 Å². The monoisotopic (exact) mass is 478 g/mol. The molecule has 2 aromatic rings. The first kappa shape index (κ1) is 23.3. The van der Waals surface area contributed by atoms with Crippen LogP contribution in [-0.2, 0) is 16.1 Å². The minimum Gasteiger partial charge on any atom is -0.497 e. The van der Waals surface area contributed by atoms with Gasteiger partial charge in [-0.05, 0) is 98.2 Å². The molecular weight excluding hydrogens is 444 g/mol. The summed E-state index contributed by atoms with van der Waals surface area (Å²) in [5.41, 5.74) is 1.91. The number of amides is 2. The van der Waals surface area contributed by atoms with Gasteiger partial charge in [-0.3, -0.25) is 9.59 Å². The number of ether oxygens (including phenoxy) is 1. The third kappa shape index (κ3) is 4.97. The molecule has 6 heteroatoms. The molecule has 4 bridgehead atoms. The van der Waals surface area contributed by atoms with E-state index in [0.29, 0.717) is 12.3 Å². The van der Waals surface area contributed by atoms with Gasteiger partial charge in [0, 0.05) is 29.6 Å². The van der Waals surface area contributed by atoms with Crippen LogP contribution < -0.4 is 10.1 Å². The van der Waals surface area contributed by atoms with Crippen LogP contribution in [0.5, 0.6) is 5.75 Å². The zero-order valence-corrected chi connectivity index (χ0v) is 20.9. The zero-order chi connectivity index (χ0) is 23.7. The minimum absolute atomic E-state index is 0.00470. The van der Waals surface area contributed by atoms with Crippen LogP contribution in [0.3, 0.4) is 0 Å². The predicted octanol–water partition coefficient (Wildman–Crippen LogP) is 5.74. The van der Waals surface area contributed by atoms with Crippen molar-refractivity contribution >= 4 is 29.3 Å². The van der Waals surface area contributed by atoms with Gasteiger partial charge in [-0.15, -0.1) is 11.8 Å². The molecule has 0 radical (unpaired) electrons. The van der Waals surface area contributed by atoms with Crippen molar-refractivity contribution in [3.8, 4) is 5.75 Å². The lowest BCUT2D eigenvalue weighted by atomic mass is 9.52. The predicted molar refractivity (Wildman–Crippen MR) is 136 cm³/mol. The van der Waals surface area contributed by atoms with E-state index < -0.39 is 0 Å².